The van der Waals surface area contributed by atoms with E-state index in [0.717, 1.165) is 30.4 Å². The fraction of sp³-hybridized carbons (Fsp3) is 0.522. The van der Waals surface area contributed by atoms with Crippen LogP contribution in [0, 0.1) is 5.41 Å². The maximum absolute atomic E-state index is 12.4. The summed E-state index contributed by atoms with van der Waals surface area (Å²) in [6, 6.07) is 4.72. The number of aromatic hydroxyl groups is 1. The smallest absolute Gasteiger partial charge is 0.338 e. The van der Waals surface area contributed by atoms with Crippen LogP contribution in [0.3, 0.4) is 0 Å². The average molecular weight is 430 g/mol. The summed E-state index contributed by atoms with van der Waals surface area (Å²) < 4.78 is 0.968. The van der Waals surface area contributed by atoms with Crippen LogP contribution >= 0.6 is 0 Å². The summed E-state index contributed by atoms with van der Waals surface area (Å²) in [5.41, 5.74) is 0.0647. The first-order valence-electron chi connectivity index (χ1n) is 10.8. The molecule has 0 unspecified atom stereocenters. The molecule has 8 heteroatoms. The molecular weight excluding hydrogens is 398 g/mol. The number of fused-ring (bicyclic) bond motifs is 1. The number of anilines is 1. The highest BCUT2D eigenvalue weighted by Gasteiger charge is 2.29. The summed E-state index contributed by atoms with van der Waals surface area (Å²) in [5, 5.41) is 16.9. The molecule has 0 spiro atoms. The third-order valence-corrected chi connectivity index (χ3v) is 5.49. The Kier molecular flexibility index (Phi) is 6.57. The molecule has 2 amide bonds. The Bertz CT molecular complexity index is 997. The largest absolute Gasteiger partial charge is 0.492 e. The van der Waals surface area contributed by atoms with Gasteiger partial charge in [-0.3, -0.25) is 4.79 Å². The molecule has 0 aliphatic heterocycles. The first-order chi connectivity index (χ1) is 14.6. The number of nitrogens with zero attached hydrogens (tertiary/aromatic N) is 1. The molecule has 1 aromatic heterocycles. The Morgan fingerprint density at radius 2 is 1.84 bits per heavy atom. The number of ketones is 1. The second kappa shape index (κ2) is 8.99. The molecule has 1 aliphatic carbocycles. The number of amides is 2. The first kappa shape index (κ1) is 22.7. The molecular formula is C23H31N3O5. The van der Waals surface area contributed by atoms with Gasteiger partial charge < -0.3 is 20.6 Å². The van der Waals surface area contributed by atoms with Crippen LogP contribution in [0.4, 0.5) is 10.5 Å². The Balaban J connectivity index is 1.93. The zero-order chi connectivity index (χ0) is 22.8. The number of nitrogens with one attached hydrogen (secondary N) is 2. The molecule has 1 heterocycles. The quantitative estimate of drug-likeness (QED) is 0.611. The first-order valence-corrected chi connectivity index (χ1v) is 10.8. The van der Waals surface area contributed by atoms with E-state index in [9.17, 15) is 19.5 Å². The van der Waals surface area contributed by atoms with Crippen LogP contribution in [0.15, 0.2) is 18.2 Å². The SMILES string of the molecule is CCC(=O)c1c(O)n(OC(=O)C(C)(C)C)c2cc(NC(=O)NC3CCCCC3)ccc12. The van der Waals surface area contributed by atoms with E-state index in [1.165, 1.54) is 6.42 Å². The summed E-state index contributed by atoms with van der Waals surface area (Å²) >= 11 is 0. The maximum Gasteiger partial charge on any atom is 0.338 e. The summed E-state index contributed by atoms with van der Waals surface area (Å²) in [7, 11) is 0. The van der Waals surface area contributed by atoms with E-state index in [1.54, 1.807) is 45.9 Å². The van der Waals surface area contributed by atoms with Gasteiger partial charge in [-0.15, -0.1) is 4.73 Å². The van der Waals surface area contributed by atoms with Crippen molar-refractivity contribution in [1.29, 1.82) is 0 Å². The molecule has 1 saturated carbocycles. The van der Waals surface area contributed by atoms with E-state index < -0.39 is 17.3 Å². The monoisotopic (exact) mass is 429 g/mol. The third-order valence-electron chi connectivity index (χ3n) is 5.49. The Hall–Kier alpha value is -3.03. The lowest BCUT2D eigenvalue weighted by atomic mass is 9.96. The van der Waals surface area contributed by atoms with Gasteiger partial charge in [0.1, 0.15) is 0 Å². The number of hydrogen-bond acceptors (Lipinski definition) is 5. The van der Waals surface area contributed by atoms with Crippen molar-refractivity contribution in [3.05, 3.63) is 23.8 Å². The van der Waals surface area contributed by atoms with Crippen LogP contribution in [-0.2, 0) is 4.79 Å². The third kappa shape index (κ3) is 5.00. The Labute approximate surface area is 181 Å². The lowest BCUT2D eigenvalue weighted by Crippen LogP contribution is -2.39. The molecule has 8 nitrogen and oxygen atoms in total. The highest BCUT2D eigenvalue weighted by molar-refractivity contribution is 6.11. The van der Waals surface area contributed by atoms with Crippen molar-refractivity contribution in [2.24, 2.45) is 5.41 Å². The van der Waals surface area contributed by atoms with Crippen LogP contribution in [-0.4, -0.2) is 33.7 Å². The number of hydrogen-bond donors (Lipinski definition) is 3. The normalized spacial score (nSPS) is 15.0. The number of urea groups is 1. The molecule has 1 fully saturated rings. The second-order valence-electron chi connectivity index (χ2n) is 9.06. The Morgan fingerprint density at radius 3 is 2.45 bits per heavy atom. The van der Waals surface area contributed by atoms with E-state index in [4.69, 9.17) is 4.84 Å². The fourth-order valence-corrected chi connectivity index (χ4v) is 3.69. The van der Waals surface area contributed by atoms with Gasteiger partial charge in [-0.05, 0) is 51.8 Å². The molecule has 0 bridgehead atoms. The van der Waals surface area contributed by atoms with Crippen molar-refractivity contribution < 1.29 is 24.3 Å². The molecule has 3 rings (SSSR count). The van der Waals surface area contributed by atoms with Crippen LogP contribution in [0.2, 0.25) is 0 Å². The zero-order valence-corrected chi connectivity index (χ0v) is 18.6. The minimum Gasteiger partial charge on any atom is -0.492 e. The number of Topliss-reactive ketones (excluding diaryl/α,β-unsaturated/α-hetero) is 1. The predicted octanol–water partition coefficient (Wildman–Crippen LogP) is 4.40. The molecule has 168 valence electrons. The second-order valence-corrected chi connectivity index (χ2v) is 9.06. The van der Waals surface area contributed by atoms with E-state index in [-0.39, 0.29) is 29.8 Å². The number of rotatable bonds is 5. The van der Waals surface area contributed by atoms with Crippen molar-refractivity contribution in [2.45, 2.75) is 72.3 Å². The molecule has 0 saturated heterocycles. The van der Waals surface area contributed by atoms with Gasteiger partial charge in [0.05, 0.1) is 16.5 Å². The van der Waals surface area contributed by atoms with Gasteiger partial charge >= 0.3 is 12.0 Å². The van der Waals surface area contributed by atoms with E-state index in [2.05, 4.69) is 10.6 Å². The number of aromatic nitrogens is 1. The topological polar surface area (TPSA) is 110 Å². The minimum atomic E-state index is -0.812. The molecule has 2 aromatic rings. The zero-order valence-electron chi connectivity index (χ0n) is 18.6. The van der Waals surface area contributed by atoms with Crippen molar-refractivity contribution in [1.82, 2.24) is 10.0 Å². The molecule has 1 aromatic carbocycles. The van der Waals surface area contributed by atoms with Crippen molar-refractivity contribution in [3.8, 4) is 5.88 Å². The van der Waals surface area contributed by atoms with Crippen LogP contribution in [0.1, 0.15) is 76.6 Å². The van der Waals surface area contributed by atoms with Gasteiger partial charge in [0.25, 0.3) is 0 Å². The molecule has 1 aliphatic rings. The molecule has 3 N–H and O–H groups in total. The van der Waals surface area contributed by atoms with Gasteiger partial charge in [-0.25, -0.2) is 9.59 Å². The lowest BCUT2D eigenvalue weighted by molar-refractivity contribution is -0.153. The van der Waals surface area contributed by atoms with Crippen LogP contribution in [0.5, 0.6) is 5.88 Å². The van der Waals surface area contributed by atoms with Gasteiger partial charge in [0.15, 0.2) is 5.78 Å². The number of carbonyl (C=O) groups is 3. The molecule has 0 radical (unpaired) electrons. The van der Waals surface area contributed by atoms with Crippen LogP contribution in [0.25, 0.3) is 10.9 Å². The lowest BCUT2D eigenvalue weighted by Gasteiger charge is -2.22. The highest BCUT2D eigenvalue weighted by Crippen LogP contribution is 2.34. The van der Waals surface area contributed by atoms with Gasteiger partial charge in [0.2, 0.25) is 5.88 Å². The number of benzene rings is 1. The van der Waals surface area contributed by atoms with Gasteiger partial charge in [0, 0.05) is 23.5 Å². The van der Waals surface area contributed by atoms with Gasteiger partial charge in [-0.2, -0.15) is 0 Å². The fourth-order valence-electron chi connectivity index (χ4n) is 3.69. The maximum atomic E-state index is 12.4. The summed E-state index contributed by atoms with van der Waals surface area (Å²) in [6.07, 6.45) is 5.53. The minimum absolute atomic E-state index is 0.0948. The molecule has 31 heavy (non-hydrogen) atoms. The predicted molar refractivity (Wildman–Crippen MR) is 118 cm³/mol. The summed E-state index contributed by atoms with van der Waals surface area (Å²) in [4.78, 5) is 42.7. The molecule has 0 atom stereocenters. The van der Waals surface area contributed by atoms with E-state index in [1.807, 2.05) is 0 Å². The van der Waals surface area contributed by atoms with E-state index >= 15 is 0 Å². The highest BCUT2D eigenvalue weighted by atomic mass is 16.7. The van der Waals surface area contributed by atoms with E-state index in [0.29, 0.717) is 16.6 Å². The standard InChI is InChI=1S/C23H31N3O5/c1-5-18(27)19-16-12-11-15(25-22(30)24-14-9-7-6-8-10-14)13-17(16)26(20(19)28)31-21(29)23(2,3)4/h11-14,28H,5-10H2,1-4H3,(H2,24,25,30). The summed E-state index contributed by atoms with van der Waals surface area (Å²) in [5.74, 6) is -1.27. The van der Waals surface area contributed by atoms with Gasteiger partial charge in [-0.1, -0.05) is 26.2 Å². The van der Waals surface area contributed by atoms with Crippen LogP contribution < -0.4 is 15.5 Å². The Morgan fingerprint density at radius 1 is 1.16 bits per heavy atom. The van der Waals surface area contributed by atoms with Crippen molar-refractivity contribution in [2.75, 3.05) is 5.32 Å². The van der Waals surface area contributed by atoms with Crippen molar-refractivity contribution in [3.63, 3.8) is 0 Å². The average Bonchev–Trinajstić information content (AvgIpc) is 2.98. The number of carbonyl (C=O) groups excluding carboxylic acids is 3. The summed E-state index contributed by atoms with van der Waals surface area (Å²) in [6.45, 7) is 6.77. The van der Waals surface area contributed by atoms with Crippen molar-refractivity contribution >= 4 is 34.4 Å².